The lowest BCUT2D eigenvalue weighted by Gasteiger charge is -2.27. The molecule has 4 rings (SSSR count). The van der Waals surface area contributed by atoms with Gasteiger partial charge < -0.3 is 25.3 Å². The Kier molecular flexibility index (Phi) is 5.39. The van der Waals surface area contributed by atoms with Crippen molar-refractivity contribution in [1.82, 2.24) is 15.1 Å². The number of aromatic hydroxyl groups is 2. The highest BCUT2D eigenvalue weighted by atomic mass is 16.3. The second kappa shape index (κ2) is 7.99. The third-order valence-electron chi connectivity index (χ3n) is 6.00. The number of hydrogen-bond donors (Lipinski definition) is 3. The van der Waals surface area contributed by atoms with Crippen molar-refractivity contribution in [2.45, 2.75) is 32.4 Å². The van der Waals surface area contributed by atoms with E-state index in [1.54, 1.807) is 17.0 Å². The first-order valence-electron chi connectivity index (χ1n) is 10.3. The predicted molar refractivity (Wildman–Crippen MR) is 113 cm³/mol. The molecule has 30 heavy (non-hydrogen) atoms. The summed E-state index contributed by atoms with van der Waals surface area (Å²) < 4.78 is 0. The zero-order valence-corrected chi connectivity index (χ0v) is 17.3. The number of nitrogens with zero attached hydrogens (tertiary/aromatic N) is 2. The van der Waals surface area contributed by atoms with Crippen LogP contribution in [0.1, 0.15) is 58.4 Å². The monoisotopic (exact) mass is 409 g/mol. The molecule has 1 unspecified atom stereocenters. The number of phenolic OH excluding ortho intramolecular Hbond substituents is 2. The molecule has 7 nitrogen and oxygen atoms in total. The number of amides is 2. The maximum Gasteiger partial charge on any atom is 0.253 e. The van der Waals surface area contributed by atoms with E-state index in [1.807, 2.05) is 30.9 Å². The molecule has 1 fully saturated rings. The Morgan fingerprint density at radius 3 is 2.50 bits per heavy atom. The van der Waals surface area contributed by atoms with Gasteiger partial charge in [-0.1, -0.05) is 19.9 Å². The highest BCUT2D eigenvalue weighted by Gasteiger charge is 2.34. The summed E-state index contributed by atoms with van der Waals surface area (Å²) in [5.41, 5.74) is 3.68. The number of carbonyl (C=O) groups excluding carboxylic acids is 2. The van der Waals surface area contributed by atoms with Crippen molar-refractivity contribution in [2.24, 2.45) is 0 Å². The van der Waals surface area contributed by atoms with E-state index in [1.165, 1.54) is 6.07 Å². The third kappa shape index (κ3) is 3.50. The molecule has 2 aromatic carbocycles. The number of fused-ring (bicyclic) bond motifs is 1. The molecule has 3 N–H and O–H groups in total. The molecule has 0 aromatic heterocycles. The first-order valence-corrected chi connectivity index (χ1v) is 10.3. The van der Waals surface area contributed by atoms with Crippen LogP contribution in [0.5, 0.6) is 11.5 Å². The number of phenols is 2. The molecule has 2 amide bonds. The van der Waals surface area contributed by atoms with Gasteiger partial charge in [0, 0.05) is 49.9 Å². The van der Waals surface area contributed by atoms with Gasteiger partial charge in [-0.3, -0.25) is 9.59 Å². The molecule has 1 atom stereocenters. The maximum absolute atomic E-state index is 12.9. The van der Waals surface area contributed by atoms with Gasteiger partial charge in [-0.15, -0.1) is 0 Å². The summed E-state index contributed by atoms with van der Waals surface area (Å²) in [6.45, 7) is 7.22. The van der Waals surface area contributed by atoms with Crippen molar-refractivity contribution in [3.05, 3.63) is 58.1 Å². The Morgan fingerprint density at radius 1 is 1.10 bits per heavy atom. The minimum atomic E-state index is -0.459. The number of hydrogen-bond acceptors (Lipinski definition) is 5. The van der Waals surface area contributed by atoms with Crippen LogP contribution in [-0.2, 0) is 11.3 Å². The van der Waals surface area contributed by atoms with Crippen LogP contribution in [0.3, 0.4) is 0 Å². The van der Waals surface area contributed by atoms with E-state index in [9.17, 15) is 19.8 Å². The predicted octanol–water partition coefficient (Wildman–Crippen LogP) is 2.33. The lowest BCUT2D eigenvalue weighted by molar-refractivity contribution is -0.119. The van der Waals surface area contributed by atoms with Crippen LogP contribution >= 0.6 is 0 Å². The fraction of sp³-hybridized carbons (Fsp3) is 0.391. The molecule has 2 heterocycles. The van der Waals surface area contributed by atoms with Crippen LogP contribution in [0.4, 0.5) is 0 Å². The topological polar surface area (TPSA) is 93.1 Å². The number of piperazine rings is 1. The fourth-order valence-corrected chi connectivity index (χ4v) is 4.40. The summed E-state index contributed by atoms with van der Waals surface area (Å²) in [6.07, 6.45) is 0.768. The van der Waals surface area contributed by atoms with Crippen molar-refractivity contribution < 1.29 is 19.8 Å². The average molecular weight is 409 g/mol. The Morgan fingerprint density at radius 2 is 1.83 bits per heavy atom. The Bertz CT molecular complexity index is 983. The molecule has 2 aliphatic rings. The second-order valence-electron chi connectivity index (χ2n) is 8.26. The molecule has 7 heteroatoms. The molecule has 2 aromatic rings. The standard InChI is InChI=1S/C23H27N3O4/c1-14(2)18-10-19(21(29)11-20(18)28)22-17-4-3-15(9-16(17)12-26(22)13-27)23(30)25-7-5-24-6-8-25/h3-4,9-11,13-14,22,24,28-29H,5-8,12H2,1-2H3. The number of nitrogens with one attached hydrogen (secondary N) is 1. The zero-order valence-electron chi connectivity index (χ0n) is 17.3. The SMILES string of the molecule is CC(C)c1cc(C2c3ccc(C(=O)N4CCNCC4)cc3CN2C=O)c(O)cc1O. The van der Waals surface area contributed by atoms with Gasteiger partial charge in [0.15, 0.2) is 0 Å². The van der Waals surface area contributed by atoms with Crippen LogP contribution in [0.2, 0.25) is 0 Å². The van der Waals surface area contributed by atoms with Crippen LogP contribution in [0, 0.1) is 0 Å². The molecule has 0 aliphatic carbocycles. The second-order valence-corrected chi connectivity index (χ2v) is 8.26. The van der Waals surface area contributed by atoms with E-state index in [4.69, 9.17) is 0 Å². The van der Waals surface area contributed by atoms with E-state index >= 15 is 0 Å². The van der Waals surface area contributed by atoms with Crippen LogP contribution in [-0.4, -0.2) is 58.5 Å². The molecule has 0 radical (unpaired) electrons. The Balaban J connectivity index is 1.72. The van der Waals surface area contributed by atoms with Gasteiger partial charge in [-0.05, 0) is 40.8 Å². The fourth-order valence-electron chi connectivity index (χ4n) is 4.40. The first-order chi connectivity index (χ1) is 14.4. The number of carbonyl (C=O) groups is 2. The number of rotatable bonds is 4. The van der Waals surface area contributed by atoms with E-state index in [0.717, 1.165) is 30.6 Å². The van der Waals surface area contributed by atoms with Gasteiger partial charge in [0.25, 0.3) is 5.91 Å². The van der Waals surface area contributed by atoms with Crippen LogP contribution in [0.15, 0.2) is 30.3 Å². The lowest BCUT2D eigenvalue weighted by atomic mass is 9.91. The molecular formula is C23H27N3O4. The zero-order chi connectivity index (χ0) is 21.4. The van der Waals surface area contributed by atoms with Gasteiger partial charge in [0.05, 0.1) is 6.04 Å². The molecule has 0 saturated carbocycles. The molecule has 158 valence electrons. The maximum atomic E-state index is 12.9. The van der Waals surface area contributed by atoms with E-state index in [2.05, 4.69) is 5.32 Å². The Hall–Kier alpha value is -3.06. The van der Waals surface area contributed by atoms with Crippen LogP contribution < -0.4 is 5.32 Å². The van der Waals surface area contributed by atoms with Gasteiger partial charge in [-0.25, -0.2) is 0 Å². The largest absolute Gasteiger partial charge is 0.508 e. The average Bonchev–Trinajstić information content (AvgIpc) is 3.11. The van der Waals surface area contributed by atoms with E-state index in [-0.39, 0.29) is 23.3 Å². The first kappa shape index (κ1) is 20.2. The summed E-state index contributed by atoms with van der Waals surface area (Å²) in [7, 11) is 0. The van der Waals surface area contributed by atoms with Gasteiger partial charge in [-0.2, -0.15) is 0 Å². The normalized spacial score (nSPS) is 18.6. The summed E-state index contributed by atoms with van der Waals surface area (Å²) >= 11 is 0. The molecular weight excluding hydrogens is 382 g/mol. The lowest BCUT2D eigenvalue weighted by Crippen LogP contribution is -2.46. The molecule has 1 saturated heterocycles. The van der Waals surface area contributed by atoms with Gasteiger partial charge >= 0.3 is 0 Å². The van der Waals surface area contributed by atoms with Crippen molar-refractivity contribution in [3.63, 3.8) is 0 Å². The summed E-state index contributed by atoms with van der Waals surface area (Å²) in [5.74, 6) is 0.0468. The summed E-state index contributed by atoms with van der Waals surface area (Å²) in [5, 5.41) is 24.0. The smallest absolute Gasteiger partial charge is 0.253 e. The Labute approximate surface area is 175 Å². The summed E-state index contributed by atoms with van der Waals surface area (Å²) in [6, 6.07) is 8.18. The number of benzene rings is 2. The highest BCUT2D eigenvalue weighted by molar-refractivity contribution is 5.94. The van der Waals surface area contributed by atoms with Gasteiger partial charge in [0.1, 0.15) is 11.5 Å². The molecule has 0 bridgehead atoms. The minimum absolute atomic E-state index is 0.00465. The van der Waals surface area contributed by atoms with Crippen molar-refractivity contribution >= 4 is 12.3 Å². The highest BCUT2D eigenvalue weighted by Crippen LogP contribution is 2.44. The van der Waals surface area contributed by atoms with Crippen molar-refractivity contribution in [1.29, 1.82) is 0 Å². The van der Waals surface area contributed by atoms with Gasteiger partial charge in [0.2, 0.25) is 6.41 Å². The third-order valence-corrected chi connectivity index (χ3v) is 6.00. The minimum Gasteiger partial charge on any atom is -0.508 e. The van der Waals surface area contributed by atoms with Crippen molar-refractivity contribution in [2.75, 3.05) is 26.2 Å². The van der Waals surface area contributed by atoms with Crippen LogP contribution in [0.25, 0.3) is 0 Å². The molecule has 2 aliphatic heterocycles. The van der Waals surface area contributed by atoms with Crippen molar-refractivity contribution in [3.8, 4) is 11.5 Å². The van der Waals surface area contributed by atoms with E-state index in [0.29, 0.717) is 36.3 Å². The summed E-state index contributed by atoms with van der Waals surface area (Å²) in [4.78, 5) is 28.1. The van der Waals surface area contributed by atoms with E-state index < -0.39 is 6.04 Å². The quantitative estimate of drug-likeness (QED) is 0.674. The molecule has 0 spiro atoms.